The number of aryl methyl sites for hydroxylation is 1. The number of anilines is 2. The molecule has 1 saturated heterocycles. The first-order chi connectivity index (χ1) is 15.4. The first-order valence-corrected chi connectivity index (χ1v) is 13.2. The fraction of sp³-hybridized carbons (Fsp3) is 0.435. The Labute approximate surface area is 194 Å². The number of ether oxygens (including phenoxy) is 1. The Kier molecular flexibility index (Phi) is 7.09. The van der Waals surface area contributed by atoms with Crippen molar-refractivity contribution >= 4 is 39.1 Å². The molecule has 2 aliphatic heterocycles. The molecular formula is C23H29N3O4S2. The molecule has 1 atom stereocenters. The number of rotatable bonds is 5. The molecular weight excluding hydrogens is 446 g/mol. The third-order valence-electron chi connectivity index (χ3n) is 5.76. The minimum absolute atomic E-state index is 0.0367. The summed E-state index contributed by atoms with van der Waals surface area (Å²) in [6, 6.07) is 13.2. The molecule has 2 aliphatic rings. The topological polar surface area (TPSA) is 79.0 Å². The second kappa shape index (κ2) is 9.82. The van der Waals surface area contributed by atoms with Crippen LogP contribution < -0.4 is 10.2 Å². The Balaban J connectivity index is 1.50. The van der Waals surface area contributed by atoms with E-state index in [0.29, 0.717) is 49.3 Å². The van der Waals surface area contributed by atoms with E-state index in [-0.39, 0.29) is 17.3 Å². The second-order valence-electron chi connectivity index (χ2n) is 8.08. The lowest BCUT2D eigenvalue weighted by atomic mass is 10.2. The summed E-state index contributed by atoms with van der Waals surface area (Å²) in [6.45, 7) is 6.22. The van der Waals surface area contributed by atoms with Crippen LogP contribution in [-0.4, -0.2) is 63.3 Å². The number of hydrogen-bond donors (Lipinski definition) is 1. The third-order valence-corrected chi connectivity index (χ3v) is 9.04. The fourth-order valence-electron chi connectivity index (χ4n) is 3.93. The van der Waals surface area contributed by atoms with Crippen molar-refractivity contribution in [3.63, 3.8) is 0 Å². The first-order valence-electron chi connectivity index (χ1n) is 10.8. The van der Waals surface area contributed by atoms with Crippen LogP contribution in [0.2, 0.25) is 0 Å². The van der Waals surface area contributed by atoms with Gasteiger partial charge in [-0.2, -0.15) is 4.31 Å². The van der Waals surface area contributed by atoms with Crippen molar-refractivity contribution in [1.29, 1.82) is 0 Å². The summed E-state index contributed by atoms with van der Waals surface area (Å²) >= 11 is 1.79. The normalized spacial score (nSPS) is 19.8. The van der Waals surface area contributed by atoms with E-state index < -0.39 is 10.0 Å². The minimum atomic E-state index is -3.61. The van der Waals surface area contributed by atoms with Crippen molar-refractivity contribution < 1.29 is 17.9 Å². The van der Waals surface area contributed by atoms with E-state index in [1.165, 1.54) is 4.31 Å². The Morgan fingerprint density at radius 1 is 1.16 bits per heavy atom. The maximum Gasteiger partial charge on any atom is 0.246 e. The third kappa shape index (κ3) is 4.96. The first kappa shape index (κ1) is 23.1. The Bertz CT molecular complexity index is 1080. The van der Waals surface area contributed by atoms with Gasteiger partial charge in [0.05, 0.1) is 30.3 Å². The average molecular weight is 476 g/mol. The maximum absolute atomic E-state index is 13.1. The molecule has 4 rings (SSSR count). The zero-order valence-electron chi connectivity index (χ0n) is 18.4. The number of fused-ring (bicyclic) bond motifs is 1. The lowest BCUT2D eigenvalue weighted by Crippen LogP contribution is -2.40. The molecule has 9 heteroatoms. The fourth-order valence-corrected chi connectivity index (χ4v) is 6.70. The molecule has 0 unspecified atom stereocenters. The number of thioether (sulfide) groups is 1. The predicted octanol–water partition coefficient (Wildman–Crippen LogP) is 3.35. The van der Waals surface area contributed by atoms with Gasteiger partial charge in [0.15, 0.2) is 0 Å². The van der Waals surface area contributed by atoms with Gasteiger partial charge in [-0.3, -0.25) is 4.79 Å². The van der Waals surface area contributed by atoms with Crippen molar-refractivity contribution in [2.24, 2.45) is 0 Å². The summed E-state index contributed by atoms with van der Waals surface area (Å²) in [5, 5.41) is 3.58. The van der Waals surface area contributed by atoms with Crippen LogP contribution in [0.5, 0.6) is 0 Å². The van der Waals surface area contributed by atoms with Gasteiger partial charge in [0.2, 0.25) is 15.9 Å². The summed E-state index contributed by atoms with van der Waals surface area (Å²) < 4.78 is 33.0. The predicted molar refractivity (Wildman–Crippen MR) is 128 cm³/mol. The lowest BCUT2D eigenvalue weighted by Gasteiger charge is -2.27. The number of nitrogens with zero attached hydrogens (tertiary/aromatic N) is 2. The van der Waals surface area contributed by atoms with E-state index in [0.717, 1.165) is 17.0 Å². The van der Waals surface area contributed by atoms with Gasteiger partial charge in [0.25, 0.3) is 0 Å². The number of amides is 1. The van der Waals surface area contributed by atoms with Crippen molar-refractivity contribution in [2.45, 2.75) is 35.3 Å². The number of carbonyl (C=O) groups is 1. The molecule has 0 saturated carbocycles. The highest BCUT2D eigenvalue weighted by atomic mass is 32.2. The molecule has 7 nitrogen and oxygen atoms in total. The number of morpholine rings is 1. The molecule has 1 fully saturated rings. The molecule has 172 valence electrons. The van der Waals surface area contributed by atoms with Crippen LogP contribution in [0.15, 0.2) is 52.3 Å². The standard InChI is InChI=1S/C23H29N3O4S2/c1-17-7-8-19(15-22(17)32(28,29)25-11-13-30-14-12-25)24-16-23(27)26-10-9-18(2)31-21-6-4-3-5-20(21)26/h3-8,15,18,24H,9-14,16H2,1-2H3/t18-/m0/s1. The number of para-hydroxylation sites is 1. The molecule has 0 spiro atoms. The van der Waals surface area contributed by atoms with E-state index >= 15 is 0 Å². The van der Waals surface area contributed by atoms with Gasteiger partial charge in [-0.15, -0.1) is 11.8 Å². The van der Waals surface area contributed by atoms with Crippen molar-refractivity contribution in [3.05, 3.63) is 48.0 Å². The van der Waals surface area contributed by atoms with Crippen molar-refractivity contribution in [3.8, 4) is 0 Å². The van der Waals surface area contributed by atoms with Gasteiger partial charge in [-0.1, -0.05) is 25.1 Å². The van der Waals surface area contributed by atoms with E-state index in [1.807, 2.05) is 29.2 Å². The number of nitrogens with one attached hydrogen (secondary N) is 1. The zero-order valence-corrected chi connectivity index (χ0v) is 20.0. The van der Waals surface area contributed by atoms with Crippen molar-refractivity contribution in [2.75, 3.05) is 49.6 Å². The number of carbonyl (C=O) groups excluding carboxylic acids is 1. The van der Waals surface area contributed by atoms with Gasteiger partial charge in [0.1, 0.15) is 0 Å². The molecule has 2 aromatic carbocycles. The van der Waals surface area contributed by atoms with Crippen molar-refractivity contribution in [1.82, 2.24) is 4.31 Å². The molecule has 1 amide bonds. The van der Waals surface area contributed by atoms with Gasteiger partial charge < -0.3 is 15.0 Å². The quantitative estimate of drug-likeness (QED) is 0.715. The van der Waals surface area contributed by atoms with Crippen LogP contribution >= 0.6 is 11.8 Å². The number of hydrogen-bond acceptors (Lipinski definition) is 6. The highest BCUT2D eigenvalue weighted by Crippen LogP contribution is 2.37. The molecule has 2 aromatic rings. The van der Waals surface area contributed by atoms with E-state index in [2.05, 4.69) is 18.3 Å². The van der Waals surface area contributed by atoms with Gasteiger partial charge in [0, 0.05) is 35.5 Å². The minimum Gasteiger partial charge on any atom is -0.379 e. The largest absolute Gasteiger partial charge is 0.379 e. The van der Waals surface area contributed by atoms with Crippen LogP contribution in [0.25, 0.3) is 0 Å². The highest BCUT2D eigenvalue weighted by Gasteiger charge is 2.28. The Hall–Kier alpha value is -2.07. The van der Waals surface area contributed by atoms with Crippen LogP contribution in [0, 0.1) is 6.92 Å². The van der Waals surface area contributed by atoms with E-state index in [1.54, 1.807) is 30.8 Å². The summed E-state index contributed by atoms with van der Waals surface area (Å²) in [6.07, 6.45) is 0.914. The van der Waals surface area contributed by atoms with Crippen LogP contribution in [-0.2, 0) is 19.6 Å². The van der Waals surface area contributed by atoms with Crippen LogP contribution in [0.3, 0.4) is 0 Å². The Morgan fingerprint density at radius 2 is 1.91 bits per heavy atom. The van der Waals surface area contributed by atoms with Gasteiger partial charge >= 0.3 is 0 Å². The van der Waals surface area contributed by atoms with Gasteiger partial charge in [-0.25, -0.2) is 8.42 Å². The molecule has 0 aliphatic carbocycles. The highest BCUT2D eigenvalue weighted by molar-refractivity contribution is 8.00. The number of sulfonamides is 1. The maximum atomic E-state index is 13.1. The smallest absolute Gasteiger partial charge is 0.246 e. The van der Waals surface area contributed by atoms with E-state index in [9.17, 15) is 13.2 Å². The molecule has 32 heavy (non-hydrogen) atoms. The molecule has 0 bridgehead atoms. The molecule has 1 N–H and O–H groups in total. The monoisotopic (exact) mass is 475 g/mol. The molecule has 0 aromatic heterocycles. The Morgan fingerprint density at radius 3 is 2.69 bits per heavy atom. The summed E-state index contributed by atoms with van der Waals surface area (Å²) in [7, 11) is -3.61. The second-order valence-corrected chi connectivity index (χ2v) is 11.5. The van der Waals surface area contributed by atoms with Crippen LogP contribution in [0.4, 0.5) is 11.4 Å². The molecule has 0 radical (unpaired) electrons. The molecule has 2 heterocycles. The number of benzene rings is 2. The van der Waals surface area contributed by atoms with Gasteiger partial charge in [-0.05, 0) is 43.2 Å². The van der Waals surface area contributed by atoms with E-state index in [4.69, 9.17) is 4.74 Å². The SMILES string of the molecule is Cc1ccc(NCC(=O)N2CC[C@H](C)Sc3ccccc32)cc1S(=O)(=O)N1CCOCC1. The van der Waals surface area contributed by atoms with Crippen LogP contribution in [0.1, 0.15) is 18.9 Å². The summed E-state index contributed by atoms with van der Waals surface area (Å²) in [5.74, 6) is -0.0367. The summed E-state index contributed by atoms with van der Waals surface area (Å²) in [5.41, 5.74) is 2.23. The average Bonchev–Trinajstić information content (AvgIpc) is 2.97. The zero-order chi connectivity index (χ0) is 22.7. The lowest BCUT2D eigenvalue weighted by molar-refractivity contribution is -0.117. The summed E-state index contributed by atoms with van der Waals surface area (Å²) in [4.78, 5) is 16.3.